The minimum Gasteiger partial charge on any atom is -0.486 e. The summed E-state index contributed by atoms with van der Waals surface area (Å²) in [5.41, 5.74) is 5.43. The third-order valence-electron chi connectivity index (χ3n) is 4.93. The first-order valence-corrected chi connectivity index (χ1v) is 10.4. The molecular formula is C20H24Cl2N4O4. The third-order valence-corrected chi connectivity index (χ3v) is 5.67. The van der Waals surface area contributed by atoms with Crippen molar-refractivity contribution in [2.75, 3.05) is 13.1 Å². The average molecular weight is 455 g/mol. The number of hydrazine groups is 1. The van der Waals surface area contributed by atoms with Crippen LogP contribution in [0.25, 0.3) is 0 Å². The number of amides is 2. The Labute approximate surface area is 184 Å². The van der Waals surface area contributed by atoms with E-state index >= 15 is 0 Å². The normalized spacial score (nSPS) is 14.8. The van der Waals surface area contributed by atoms with Crippen molar-refractivity contribution in [2.24, 2.45) is 7.05 Å². The maximum atomic E-state index is 13.0. The molecule has 0 unspecified atom stereocenters. The van der Waals surface area contributed by atoms with Crippen molar-refractivity contribution in [1.29, 1.82) is 0 Å². The lowest BCUT2D eigenvalue weighted by atomic mass is 10.2. The van der Waals surface area contributed by atoms with Crippen molar-refractivity contribution in [3.63, 3.8) is 0 Å². The van der Waals surface area contributed by atoms with Crippen LogP contribution in [0.2, 0.25) is 10.0 Å². The van der Waals surface area contributed by atoms with Crippen LogP contribution in [0.4, 0.5) is 0 Å². The van der Waals surface area contributed by atoms with Crippen LogP contribution in [-0.2, 0) is 13.7 Å². The maximum Gasteiger partial charge on any atom is 0.286 e. The Kier molecular flexibility index (Phi) is 7.60. The van der Waals surface area contributed by atoms with Crippen LogP contribution in [0, 0.1) is 0 Å². The van der Waals surface area contributed by atoms with Crippen LogP contribution in [0.3, 0.4) is 0 Å². The number of benzene rings is 1. The number of nitrogens with zero attached hydrogens (tertiary/aromatic N) is 2. The maximum absolute atomic E-state index is 13.0. The Hall–Kier alpha value is -2.26. The Balaban J connectivity index is 1.85. The fourth-order valence-electron chi connectivity index (χ4n) is 3.40. The topological polar surface area (TPSA) is 95.8 Å². The van der Waals surface area contributed by atoms with Crippen molar-refractivity contribution < 1.29 is 19.5 Å². The summed E-state index contributed by atoms with van der Waals surface area (Å²) in [6.07, 6.45) is 5.72. The van der Waals surface area contributed by atoms with Crippen LogP contribution in [-0.4, -0.2) is 39.7 Å². The highest BCUT2D eigenvalue weighted by Gasteiger charge is 2.27. The largest absolute Gasteiger partial charge is 0.486 e. The van der Waals surface area contributed by atoms with Crippen LogP contribution in [0.5, 0.6) is 5.75 Å². The number of carbonyl (C=O) groups is 2. The second-order valence-electron chi connectivity index (χ2n) is 7.15. The van der Waals surface area contributed by atoms with Crippen LogP contribution in [0.1, 0.15) is 52.1 Å². The summed E-state index contributed by atoms with van der Waals surface area (Å²) < 4.78 is 7.36. The first-order chi connectivity index (χ1) is 14.4. The van der Waals surface area contributed by atoms with Gasteiger partial charge in [0.05, 0.1) is 10.0 Å². The molecule has 2 amide bonds. The van der Waals surface area contributed by atoms with Gasteiger partial charge in [-0.25, -0.2) is 10.5 Å². The van der Waals surface area contributed by atoms with Crippen molar-refractivity contribution >= 4 is 35.0 Å². The number of carbonyl (C=O) groups excluding carboxylic acids is 2. The predicted molar refractivity (Wildman–Crippen MR) is 113 cm³/mol. The van der Waals surface area contributed by atoms with Crippen molar-refractivity contribution in [3.05, 3.63) is 51.3 Å². The molecular weight excluding hydrogens is 431 g/mol. The van der Waals surface area contributed by atoms with Gasteiger partial charge in [-0.1, -0.05) is 42.1 Å². The second-order valence-corrected chi connectivity index (χ2v) is 7.97. The number of halogens is 2. The Morgan fingerprint density at radius 3 is 2.43 bits per heavy atom. The molecule has 1 aliphatic heterocycles. The second kappa shape index (κ2) is 10.2. The summed E-state index contributed by atoms with van der Waals surface area (Å²) in [4.78, 5) is 25.1. The highest BCUT2D eigenvalue weighted by atomic mass is 35.5. The molecule has 0 bridgehead atoms. The fraction of sp³-hybridized carbons (Fsp3) is 0.400. The van der Waals surface area contributed by atoms with Gasteiger partial charge >= 0.3 is 0 Å². The Morgan fingerprint density at radius 2 is 1.80 bits per heavy atom. The lowest BCUT2D eigenvalue weighted by molar-refractivity contribution is 0.0702. The Morgan fingerprint density at radius 1 is 1.10 bits per heavy atom. The minimum absolute atomic E-state index is 0.0427. The SMILES string of the molecule is Cn1cc(C(=O)NO)c(OCc2ccc(Cl)c(Cl)c2)c1C(=O)NN1CCCCCC1. The predicted octanol–water partition coefficient (Wildman–Crippen LogP) is 3.55. The Bertz CT molecular complexity index is 924. The molecule has 2 heterocycles. The van der Waals surface area contributed by atoms with E-state index in [1.807, 2.05) is 5.01 Å². The van der Waals surface area contributed by atoms with Gasteiger partial charge in [0.25, 0.3) is 11.8 Å². The zero-order valence-electron chi connectivity index (χ0n) is 16.6. The van der Waals surface area contributed by atoms with E-state index in [9.17, 15) is 9.59 Å². The van der Waals surface area contributed by atoms with Crippen molar-refractivity contribution in [3.8, 4) is 5.75 Å². The van der Waals surface area contributed by atoms with E-state index in [2.05, 4.69) is 5.43 Å². The number of hydroxylamine groups is 1. The summed E-state index contributed by atoms with van der Waals surface area (Å²) in [6, 6.07) is 5.03. The highest BCUT2D eigenvalue weighted by molar-refractivity contribution is 6.42. The minimum atomic E-state index is -0.774. The van der Waals surface area contributed by atoms with Gasteiger partial charge in [-0.2, -0.15) is 0 Å². The van der Waals surface area contributed by atoms with Crippen LogP contribution < -0.4 is 15.6 Å². The van der Waals surface area contributed by atoms with Gasteiger partial charge in [0, 0.05) is 26.3 Å². The molecule has 1 fully saturated rings. The zero-order valence-corrected chi connectivity index (χ0v) is 18.1. The molecule has 0 atom stereocenters. The lowest BCUT2D eigenvalue weighted by Gasteiger charge is -2.21. The van der Waals surface area contributed by atoms with E-state index in [-0.39, 0.29) is 29.5 Å². The average Bonchev–Trinajstić information content (AvgIpc) is 2.88. The first kappa shape index (κ1) is 22.4. The number of hydrogen-bond acceptors (Lipinski definition) is 5. The number of aryl methyl sites for hydroxylation is 1. The molecule has 0 spiro atoms. The van der Waals surface area contributed by atoms with Gasteiger partial charge in [0.1, 0.15) is 12.2 Å². The number of ether oxygens (including phenoxy) is 1. The van der Waals surface area contributed by atoms with Crippen LogP contribution >= 0.6 is 23.2 Å². The number of aromatic nitrogens is 1. The molecule has 1 aromatic heterocycles. The third kappa shape index (κ3) is 5.26. The van der Waals surface area contributed by atoms with Crippen molar-refractivity contribution in [1.82, 2.24) is 20.5 Å². The molecule has 2 aromatic rings. The smallest absolute Gasteiger partial charge is 0.286 e. The monoisotopic (exact) mass is 454 g/mol. The molecule has 0 radical (unpaired) electrons. The summed E-state index contributed by atoms with van der Waals surface area (Å²) in [6.45, 7) is 1.58. The molecule has 1 aliphatic rings. The molecule has 1 saturated heterocycles. The summed E-state index contributed by atoms with van der Waals surface area (Å²) in [5.74, 6) is -1.09. The van der Waals surface area contributed by atoms with Gasteiger partial charge in [-0.15, -0.1) is 0 Å². The number of nitrogens with one attached hydrogen (secondary N) is 2. The molecule has 1 aromatic carbocycles. The van der Waals surface area contributed by atoms with Gasteiger partial charge < -0.3 is 9.30 Å². The molecule has 10 heteroatoms. The number of hydrogen-bond donors (Lipinski definition) is 3. The van der Waals surface area contributed by atoms with E-state index in [0.717, 1.165) is 38.8 Å². The first-order valence-electron chi connectivity index (χ1n) is 9.67. The van der Waals surface area contributed by atoms with Crippen LogP contribution in [0.15, 0.2) is 24.4 Å². The summed E-state index contributed by atoms with van der Waals surface area (Å²) in [5, 5.41) is 11.8. The van der Waals surface area contributed by atoms with Crippen molar-refractivity contribution in [2.45, 2.75) is 32.3 Å². The van der Waals surface area contributed by atoms with E-state index in [1.54, 1.807) is 30.7 Å². The van der Waals surface area contributed by atoms with Gasteiger partial charge in [-0.3, -0.25) is 20.2 Å². The summed E-state index contributed by atoms with van der Waals surface area (Å²) in [7, 11) is 1.64. The van der Waals surface area contributed by atoms with Gasteiger partial charge in [-0.05, 0) is 30.5 Å². The zero-order chi connectivity index (χ0) is 21.7. The molecule has 0 aliphatic carbocycles. The lowest BCUT2D eigenvalue weighted by Crippen LogP contribution is -2.43. The van der Waals surface area contributed by atoms with E-state index in [0.29, 0.717) is 15.6 Å². The standard InChI is InChI=1S/C20H24Cl2N4O4/c1-25-11-14(19(27)24-29)18(30-12-13-6-7-15(21)16(22)10-13)17(25)20(28)23-26-8-4-2-3-5-9-26/h6-7,10-11,29H,2-5,8-9,12H2,1H3,(H,23,28)(H,24,27). The molecule has 3 rings (SSSR count). The molecule has 162 valence electrons. The molecule has 8 nitrogen and oxygen atoms in total. The van der Waals surface area contributed by atoms with Gasteiger partial charge in [0.2, 0.25) is 0 Å². The van der Waals surface area contributed by atoms with E-state index < -0.39 is 5.91 Å². The van der Waals surface area contributed by atoms with Gasteiger partial charge in [0.15, 0.2) is 11.4 Å². The molecule has 0 saturated carbocycles. The molecule has 30 heavy (non-hydrogen) atoms. The van der Waals surface area contributed by atoms with E-state index in [4.69, 9.17) is 33.1 Å². The quantitative estimate of drug-likeness (QED) is 0.458. The highest BCUT2D eigenvalue weighted by Crippen LogP contribution is 2.29. The summed E-state index contributed by atoms with van der Waals surface area (Å²) >= 11 is 12.0. The number of rotatable bonds is 6. The molecule has 3 N–H and O–H groups in total. The van der Waals surface area contributed by atoms with E-state index in [1.165, 1.54) is 10.8 Å². The fourth-order valence-corrected chi connectivity index (χ4v) is 3.72.